The predicted molar refractivity (Wildman–Crippen MR) is 39.6 cm³/mol. The van der Waals surface area contributed by atoms with Gasteiger partial charge in [0.05, 0.1) is 12.2 Å². The minimum absolute atomic E-state index is 0.00694. The second-order valence-corrected chi connectivity index (χ2v) is 3.05. The van der Waals surface area contributed by atoms with Crippen LogP contribution in [0.25, 0.3) is 0 Å². The Hall–Kier alpha value is -0.340. The molecule has 2 heteroatoms. The van der Waals surface area contributed by atoms with Gasteiger partial charge in [-0.3, -0.25) is 0 Å². The van der Waals surface area contributed by atoms with Gasteiger partial charge in [-0.1, -0.05) is 6.08 Å². The molecule has 0 fully saturated rings. The van der Waals surface area contributed by atoms with E-state index >= 15 is 0 Å². The van der Waals surface area contributed by atoms with Crippen LogP contribution in [-0.2, 0) is 0 Å². The maximum atomic E-state index is 9.61. The summed E-state index contributed by atoms with van der Waals surface area (Å²) in [4.78, 5) is 0. The van der Waals surface area contributed by atoms with E-state index in [4.69, 9.17) is 5.11 Å². The van der Waals surface area contributed by atoms with Crippen LogP contribution in [0.3, 0.4) is 0 Å². The van der Waals surface area contributed by atoms with Crippen LogP contribution in [0, 0.1) is 0 Å². The smallest absolute Gasteiger partial charge is 0.0850 e. The molecule has 1 aliphatic carbocycles. The number of aliphatic hydroxyl groups excluding tert-OH is 1. The molecule has 10 heavy (non-hydrogen) atoms. The van der Waals surface area contributed by atoms with Gasteiger partial charge < -0.3 is 10.2 Å². The fourth-order valence-electron chi connectivity index (χ4n) is 1.34. The normalized spacial score (nSPS) is 33.7. The van der Waals surface area contributed by atoms with Gasteiger partial charge in [0.2, 0.25) is 0 Å². The van der Waals surface area contributed by atoms with Crippen molar-refractivity contribution in [3.05, 3.63) is 11.6 Å². The zero-order valence-electron chi connectivity index (χ0n) is 6.30. The standard InChI is InChI=1S/C8H14O2/c1-8(10)5-3-2-4-7(8)6-9/h4,9-10H,2-3,5-6H2,1H3. The molecule has 0 aliphatic heterocycles. The van der Waals surface area contributed by atoms with Gasteiger partial charge in [0.1, 0.15) is 0 Å². The zero-order chi connectivity index (χ0) is 7.61. The monoisotopic (exact) mass is 142 g/mol. The largest absolute Gasteiger partial charge is 0.392 e. The summed E-state index contributed by atoms with van der Waals surface area (Å²) in [5, 5.41) is 18.4. The number of rotatable bonds is 1. The number of hydrogen-bond acceptors (Lipinski definition) is 2. The number of allylic oxidation sites excluding steroid dienone is 1. The molecule has 0 radical (unpaired) electrons. The lowest BCUT2D eigenvalue weighted by Crippen LogP contribution is -2.30. The molecule has 1 aliphatic rings. The summed E-state index contributed by atoms with van der Waals surface area (Å²) < 4.78 is 0. The fraction of sp³-hybridized carbons (Fsp3) is 0.750. The quantitative estimate of drug-likeness (QED) is 0.533. The summed E-state index contributed by atoms with van der Waals surface area (Å²) >= 11 is 0. The van der Waals surface area contributed by atoms with Crippen LogP contribution >= 0.6 is 0 Å². The van der Waals surface area contributed by atoms with Gasteiger partial charge in [-0.25, -0.2) is 0 Å². The lowest BCUT2D eigenvalue weighted by Gasteiger charge is -2.28. The van der Waals surface area contributed by atoms with E-state index in [1.54, 1.807) is 6.92 Å². The van der Waals surface area contributed by atoms with Gasteiger partial charge >= 0.3 is 0 Å². The van der Waals surface area contributed by atoms with Crippen LogP contribution in [0.4, 0.5) is 0 Å². The molecular weight excluding hydrogens is 128 g/mol. The lowest BCUT2D eigenvalue weighted by atomic mass is 9.85. The highest BCUT2D eigenvalue weighted by Crippen LogP contribution is 2.27. The van der Waals surface area contributed by atoms with Crippen molar-refractivity contribution in [2.75, 3.05) is 6.61 Å². The van der Waals surface area contributed by atoms with E-state index in [1.807, 2.05) is 6.08 Å². The molecule has 0 bridgehead atoms. The third-order valence-electron chi connectivity index (χ3n) is 2.12. The Labute approximate surface area is 61.2 Å². The Bertz CT molecular complexity index is 147. The van der Waals surface area contributed by atoms with Crippen LogP contribution in [0.1, 0.15) is 26.2 Å². The van der Waals surface area contributed by atoms with Gasteiger partial charge in [-0.05, 0) is 31.8 Å². The van der Waals surface area contributed by atoms with E-state index in [0.717, 1.165) is 24.8 Å². The molecule has 0 spiro atoms. The lowest BCUT2D eigenvalue weighted by molar-refractivity contribution is 0.0684. The highest BCUT2D eigenvalue weighted by Gasteiger charge is 2.26. The van der Waals surface area contributed by atoms with Gasteiger partial charge in [-0.2, -0.15) is 0 Å². The first-order valence-corrected chi connectivity index (χ1v) is 3.69. The van der Waals surface area contributed by atoms with Crippen LogP contribution in [-0.4, -0.2) is 22.4 Å². The maximum absolute atomic E-state index is 9.61. The first kappa shape index (κ1) is 7.76. The van der Waals surface area contributed by atoms with Crippen LogP contribution < -0.4 is 0 Å². The third kappa shape index (κ3) is 1.39. The van der Waals surface area contributed by atoms with Crippen molar-refractivity contribution in [3.63, 3.8) is 0 Å². The summed E-state index contributed by atoms with van der Waals surface area (Å²) in [5.74, 6) is 0. The number of hydrogen-bond donors (Lipinski definition) is 2. The van der Waals surface area contributed by atoms with Gasteiger partial charge in [0.15, 0.2) is 0 Å². The van der Waals surface area contributed by atoms with Crippen molar-refractivity contribution in [1.29, 1.82) is 0 Å². The van der Waals surface area contributed by atoms with Crippen molar-refractivity contribution in [1.82, 2.24) is 0 Å². The topological polar surface area (TPSA) is 40.5 Å². The average molecular weight is 142 g/mol. The molecule has 0 aromatic carbocycles. The fourth-order valence-corrected chi connectivity index (χ4v) is 1.34. The van der Waals surface area contributed by atoms with Crippen molar-refractivity contribution < 1.29 is 10.2 Å². The van der Waals surface area contributed by atoms with E-state index in [0.29, 0.717) is 0 Å². The third-order valence-corrected chi connectivity index (χ3v) is 2.12. The van der Waals surface area contributed by atoms with Crippen molar-refractivity contribution in [2.45, 2.75) is 31.8 Å². The minimum Gasteiger partial charge on any atom is -0.392 e. The molecule has 0 aromatic heterocycles. The number of aliphatic hydroxyl groups is 2. The highest BCUT2D eigenvalue weighted by atomic mass is 16.3. The Kier molecular flexibility index (Phi) is 2.11. The van der Waals surface area contributed by atoms with Crippen molar-refractivity contribution in [3.8, 4) is 0 Å². The van der Waals surface area contributed by atoms with E-state index in [1.165, 1.54) is 0 Å². The molecule has 0 saturated carbocycles. The van der Waals surface area contributed by atoms with E-state index in [2.05, 4.69) is 0 Å². The van der Waals surface area contributed by atoms with E-state index in [9.17, 15) is 5.11 Å². The molecular formula is C8H14O2. The van der Waals surface area contributed by atoms with Crippen molar-refractivity contribution >= 4 is 0 Å². The summed E-state index contributed by atoms with van der Waals surface area (Å²) in [7, 11) is 0. The molecule has 1 unspecified atom stereocenters. The Balaban J connectivity index is 2.73. The first-order chi connectivity index (χ1) is 4.67. The summed E-state index contributed by atoms with van der Waals surface area (Å²) in [6, 6.07) is 0. The van der Waals surface area contributed by atoms with E-state index < -0.39 is 5.60 Å². The molecule has 2 N–H and O–H groups in total. The predicted octanol–water partition coefficient (Wildman–Crippen LogP) is 0.840. The van der Waals surface area contributed by atoms with E-state index in [-0.39, 0.29) is 6.61 Å². The van der Waals surface area contributed by atoms with Crippen LogP contribution in [0.15, 0.2) is 11.6 Å². The van der Waals surface area contributed by atoms with Crippen LogP contribution in [0.2, 0.25) is 0 Å². The maximum Gasteiger partial charge on any atom is 0.0850 e. The molecule has 2 nitrogen and oxygen atoms in total. The van der Waals surface area contributed by atoms with Gasteiger partial charge in [0.25, 0.3) is 0 Å². The molecule has 58 valence electrons. The molecule has 1 rings (SSSR count). The molecule has 0 amide bonds. The van der Waals surface area contributed by atoms with Gasteiger partial charge in [-0.15, -0.1) is 0 Å². The first-order valence-electron chi connectivity index (χ1n) is 3.69. The second kappa shape index (κ2) is 2.72. The summed E-state index contributed by atoms with van der Waals surface area (Å²) in [5.41, 5.74) is 0.0336. The van der Waals surface area contributed by atoms with Gasteiger partial charge in [0, 0.05) is 0 Å². The molecule has 1 atom stereocenters. The van der Waals surface area contributed by atoms with Crippen molar-refractivity contribution in [2.24, 2.45) is 0 Å². The highest BCUT2D eigenvalue weighted by molar-refractivity contribution is 5.17. The Morgan fingerprint density at radius 2 is 2.40 bits per heavy atom. The minimum atomic E-state index is -0.743. The van der Waals surface area contributed by atoms with Crippen LogP contribution in [0.5, 0.6) is 0 Å². The zero-order valence-corrected chi connectivity index (χ0v) is 6.30. The molecule has 0 saturated heterocycles. The Morgan fingerprint density at radius 1 is 1.70 bits per heavy atom. The summed E-state index contributed by atoms with van der Waals surface area (Å²) in [6.45, 7) is 1.75. The molecule has 0 heterocycles. The SMILES string of the molecule is CC1(O)CCCC=C1CO. The summed E-state index contributed by atoms with van der Waals surface area (Å²) in [6.07, 6.45) is 4.73. The second-order valence-electron chi connectivity index (χ2n) is 3.05. The average Bonchev–Trinajstić information content (AvgIpc) is 1.87. The molecule has 0 aromatic rings. The Morgan fingerprint density at radius 3 is 2.80 bits per heavy atom.